The molecule has 2 nitrogen and oxygen atoms in total. The van der Waals surface area contributed by atoms with Crippen molar-refractivity contribution < 1.29 is 5.11 Å². The first-order valence-electron chi connectivity index (χ1n) is 4.37. The number of halogens is 1. The Balaban J connectivity index is 2.43. The fraction of sp³-hybridized carbons (Fsp3) is 0.400. The van der Waals surface area contributed by atoms with Gasteiger partial charge in [0.2, 0.25) is 0 Å². The molecule has 1 atom stereocenters. The SMILES string of the molecule is Cc1ccc(Cl)c2c1NC(CO)C2. The standard InChI is InChI=1S/C10H12ClNO/c1-6-2-3-9(11)8-4-7(5-13)12-10(6)8/h2-3,7,12-13H,4-5H2,1H3. The van der Waals surface area contributed by atoms with Gasteiger partial charge in [-0.25, -0.2) is 0 Å². The first kappa shape index (κ1) is 8.85. The van der Waals surface area contributed by atoms with Crippen molar-refractivity contribution in [2.45, 2.75) is 19.4 Å². The van der Waals surface area contributed by atoms with Crippen LogP contribution in [0.25, 0.3) is 0 Å². The van der Waals surface area contributed by atoms with Gasteiger partial charge in [0.25, 0.3) is 0 Å². The van der Waals surface area contributed by atoms with Crippen molar-refractivity contribution in [2.75, 3.05) is 11.9 Å². The molecule has 2 N–H and O–H groups in total. The summed E-state index contributed by atoms with van der Waals surface area (Å²) in [5.74, 6) is 0. The number of anilines is 1. The van der Waals surface area contributed by atoms with E-state index in [1.807, 2.05) is 19.1 Å². The minimum atomic E-state index is 0.133. The minimum absolute atomic E-state index is 0.133. The summed E-state index contributed by atoms with van der Waals surface area (Å²) in [4.78, 5) is 0. The fourth-order valence-electron chi connectivity index (χ4n) is 1.75. The predicted octanol–water partition coefficient (Wildman–Crippen LogP) is 1.98. The maximum atomic E-state index is 9.01. The molecule has 1 aliphatic heterocycles. The van der Waals surface area contributed by atoms with Crippen LogP contribution in [-0.4, -0.2) is 17.8 Å². The Hall–Kier alpha value is -0.730. The largest absolute Gasteiger partial charge is 0.394 e. The molecule has 0 amide bonds. The highest BCUT2D eigenvalue weighted by Gasteiger charge is 2.23. The summed E-state index contributed by atoms with van der Waals surface area (Å²) < 4.78 is 0. The first-order chi connectivity index (χ1) is 6.22. The molecular formula is C10H12ClNO. The van der Waals surface area contributed by atoms with E-state index in [2.05, 4.69) is 5.32 Å². The Morgan fingerprint density at radius 2 is 2.38 bits per heavy atom. The molecule has 0 radical (unpaired) electrons. The van der Waals surface area contributed by atoms with Crippen LogP contribution >= 0.6 is 11.6 Å². The number of rotatable bonds is 1. The van der Waals surface area contributed by atoms with Crippen LogP contribution in [0.1, 0.15) is 11.1 Å². The molecule has 0 aromatic heterocycles. The van der Waals surface area contributed by atoms with Gasteiger partial charge in [0.15, 0.2) is 0 Å². The van der Waals surface area contributed by atoms with Crippen LogP contribution in [0.4, 0.5) is 5.69 Å². The molecule has 0 saturated carbocycles. The smallest absolute Gasteiger partial charge is 0.0636 e. The zero-order chi connectivity index (χ0) is 9.42. The maximum Gasteiger partial charge on any atom is 0.0636 e. The van der Waals surface area contributed by atoms with Crippen LogP contribution in [-0.2, 0) is 6.42 Å². The summed E-state index contributed by atoms with van der Waals surface area (Å²) in [6, 6.07) is 4.04. The van der Waals surface area contributed by atoms with Crippen molar-refractivity contribution in [3.63, 3.8) is 0 Å². The molecule has 1 aromatic carbocycles. The van der Waals surface area contributed by atoms with Crippen LogP contribution in [0.2, 0.25) is 5.02 Å². The number of hydrogen-bond donors (Lipinski definition) is 2. The summed E-state index contributed by atoms with van der Waals surface area (Å²) in [5.41, 5.74) is 3.43. The number of aliphatic hydroxyl groups excluding tert-OH is 1. The fourth-order valence-corrected chi connectivity index (χ4v) is 1.99. The second kappa shape index (κ2) is 3.20. The van der Waals surface area contributed by atoms with Gasteiger partial charge in [-0.05, 0) is 30.5 Å². The van der Waals surface area contributed by atoms with Crippen molar-refractivity contribution in [2.24, 2.45) is 0 Å². The summed E-state index contributed by atoms with van der Waals surface area (Å²) in [6.07, 6.45) is 0.826. The van der Waals surface area contributed by atoms with E-state index < -0.39 is 0 Å². The molecular weight excluding hydrogens is 186 g/mol. The Morgan fingerprint density at radius 3 is 3.00 bits per heavy atom. The zero-order valence-corrected chi connectivity index (χ0v) is 8.23. The minimum Gasteiger partial charge on any atom is -0.394 e. The van der Waals surface area contributed by atoms with Crippen molar-refractivity contribution in [1.82, 2.24) is 0 Å². The Labute approximate surface area is 82.5 Å². The molecule has 3 heteroatoms. The highest BCUT2D eigenvalue weighted by Crippen LogP contribution is 2.34. The van der Waals surface area contributed by atoms with E-state index in [-0.39, 0.29) is 12.6 Å². The molecule has 0 saturated heterocycles. The van der Waals surface area contributed by atoms with E-state index in [0.717, 1.165) is 22.7 Å². The van der Waals surface area contributed by atoms with E-state index in [1.54, 1.807) is 0 Å². The Kier molecular flexibility index (Phi) is 2.18. The van der Waals surface area contributed by atoms with Gasteiger partial charge in [-0.1, -0.05) is 17.7 Å². The normalized spacial score (nSPS) is 19.8. The summed E-state index contributed by atoms with van der Waals surface area (Å²) >= 11 is 6.04. The maximum absolute atomic E-state index is 9.01. The van der Waals surface area contributed by atoms with Crippen molar-refractivity contribution in [1.29, 1.82) is 0 Å². The highest BCUT2D eigenvalue weighted by molar-refractivity contribution is 6.31. The van der Waals surface area contributed by atoms with Crippen LogP contribution in [0.3, 0.4) is 0 Å². The number of benzene rings is 1. The average Bonchev–Trinajstić information content (AvgIpc) is 2.56. The van der Waals surface area contributed by atoms with Gasteiger partial charge in [0.05, 0.1) is 12.6 Å². The molecule has 2 rings (SSSR count). The van der Waals surface area contributed by atoms with E-state index in [9.17, 15) is 0 Å². The van der Waals surface area contributed by atoms with Crippen molar-refractivity contribution >= 4 is 17.3 Å². The van der Waals surface area contributed by atoms with Crippen LogP contribution in [0, 0.1) is 6.92 Å². The number of nitrogens with one attached hydrogen (secondary N) is 1. The quantitative estimate of drug-likeness (QED) is 0.722. The second-order valence-electron chi connectivity index (χ2n) is 3.45. The van der Waals surface area contributed by atoms with Gasteiger partial charge < -0.3 is 10.4 Å². The van der Waals surface area contributed by atoms with Crippen LogP contribution in [0.5, 0.6) is 0 Å². The van der Waals surface area contributed by atoms with Gasteiger partial charge in [-0.3, -0.25) is 0 Å². The summed E-state index contributed by atoms with van der Waals surface area (Å²) in [6.45, 7) is 2.20. The lowest BCUT2D eigenvalue weighted by atomic mass is 10.1. The molecule has 0 spiro atoms. The number of hydrogen-bond acceptors (Lipinski definition) is 2. The Morgan fingerprint density at radius 1 is 1.62 bits per heavy atom. The topological polar surface area (TPSA) is 32.3 Å². The molecule has 1 unspecified atom stereocenters. The lowest BCUT2D eigenvalue weighted by Crippen LogP contribution is -2.19. The number of aryl methyl sites for hydroxylation is 1. The first-order valence-corrected chi connectivity index (χ1v) is 4.75. The molecule has 0 fully saturated rings. The molecule has 70 valence electrons. The number of fused-ring (bicyclic) bond motifs is 1. The number of aliphatic hydroxyl groups is 1. The second-order valence-corrected chi connectivity index (χ2v) is 3.85. The van der Waals surface area contributed by atoms with Crippen molar-refractivity contribution in [3.05, 3.63) is 28.3 Å². The van der Waals surface area contributed by atoms with Gasteiger partial charge >= 0.3 is 0 Å². The van der Waals surface area contributed by atoms with Gasteiger partial charge in [-0.15, -0.1) is 0 Å². The molecule has 1 aliphatic rings. The van der Waals surface area contributed by atoms with Gasteiger partial charge in [0, 0.05) is 10.7 Å². The average molecular weight is 198 g/mol. The zero-order valence-electron chi connectivity index (χ0n) is 7.47. The third-order valence-corrected chi connectivity index (χ3v) is 2.84. The van der Waals surface area contributed by atoms with Gasteiger partial charge in [0.1, 0.15) is 0 Å². The van der Waals surface area contributed by atoms with Crippen LogP contribution < -0.4 is 5.32 Å². The third kappa shape index (κ3) is 1.40. The van der Waals surface area contributed by atoms with Crippen LogP contribution in [0.15, 0.2) is 12.1 Å². The highest BCUT2D eigenvalue weighted by atomic mass is 35.5. The van der Waals surface area contributed by atoms with E-state index in [1.165, 1.54) is 5.56 Å². The Bertz CT molecular complexity index is 307. The lowest BCUT2D eigenvalue weighted by Gasteiger charge is -2.07. The molecule has 13 heavy (non-hydrogen) atoms. The molecule has 0 aliphatic carbocycles. The van der Waals surface area contributed by atoms with E-state index >= 15 is 0 Å². The summed E-state index contributed by atoms with van der Waals surface area (Å²) in [5, 5.41) is 13.1. The lowest BCUT2D eigenvalue weighted by molar-refractivity contribution is 0.277. The molecule has 0 bridgehead atoms. The third-order valence-electron chi connectivity index (χ3n) is 2.48. The molecule has 1 aromatic rings. The van der Waals surface area contributed by atoms with Gasteiger partial charge in [-0.2, -0.15) is 0 Å². The molecule has 1 heterocycles. The summed E-state index contributed by atoms with van der Waals surface area (Å²) in [7, 11) is 0. The monoisotopic (exact) mass is 197 g/mol. The van der Waals surface area contributed by atoms with Crippen molar-refractivity contribution in [3.8, 4) is 0 Å². The predicted molar refractivity (Wildman–Crippen MR) is 54.4 cm³/mol. The van der Waals surface area contributed by atoms with E-state index in [0.29, 0.717) is 0 Å². The van der Waals surface area contributed by atoms with E-state index in [4.69, 9.17) is 16.7 Å².